The summed E-state index contributed by atoms with van der Waals surface area (Å²) in [6.45, 7) is 33.8. The monoisotopic (exact) mass is 1760 g/mol. The standard InChI is InChI=1S/6C10H23O2PS2.Mo.OS/c6*1-3-5-7-9-11-13(14,15)12-10-8-6-4-2;;1-2/h6*3-10H2,1-2H3,(H,14,15);;/p-6. The van der Waals surface area contributed by atoms with Crippen molar-refractivity contribution >= 4 is 191 Å². The first kappa shape index (κ1) is 115. The van der Waals surface area contributed by atoms with E-state index in [2.05, 4.69) is 95.6 Å². The van der Waals surface area contributed by atoms with E-state index in [1.165, 1.54) is 154 Å². The molecule has 0 aliphatic carbocycles. The van der Waals surface area contributed by atoms with E-state index in [9.17, 15) is 0 Å². The second kappa shape index (κ2) is 88.9. The van der Waals surface area contributed by atoms with E-state index in [0.29, 0.717) is 79.3 Å². The van der Waals surface area contributed by atoms with E-state index >= 15 is 0 Å². The maximum Gasteiger partial charge on any atom is 0.197 e. The average Bonchev–Trinajstić information content (AvgIpc) is 2.93. The van der Waals surface area contributed by atoms with E-state index < -0.39 is 34.2 Å². The van der Waals surface area contributed by atoms with Crippen LogP contribution >= 0.6 is 34.2 Å². The summed E-state index contributed by atoms with van der Waals surface area (Å²) >= 11 is 64.3. The molecule has 0 rings (SSSR count). The molecule has 0 aliphatic rings. The van der Waals surface area contributed by atoms with Gasteiger partial charge >= 0.3 is 0 Å². The molecule has 0 spiro atoms. The largest absolute Gasteiger partial charge is 0.691 e. The first-order valence-electron chi connectivity index (χ1n) is 34.5. The third-order valence-corrected chi connectivity index (χ3v) is 25.5. The van der Waals surface area contributed by atoms with E-state index in [1.54, 1.807) is 0 Å². The molecule has 570 valence electrons. The zero-order valence-electron chi connectivity index (χ0n) is 59.6. The Morgan fingerprint density at radius 2 is 0.247 bits per heavy atom. The van der Waals surface area contributed by atoms with Crippen molar-refractivity contribution in [1.29, 1.82) is 0 Å². The van der Waals surface area contributed by atoms with Crippen LogP contribution in [-0.4, -0.2) is 83.5 Å². The molecule has 0 aromatic heterocycles. The fourth-order valence-corrected chi connectivity index (χ4v) is 16.6. The molecule has 0 bridgehead atoms. The summed E-state index contributed by atoms with van der Waals surface area (Å²) in [5.41, 5.74) is -14.1. The topological polar surface area (TPSA) is 128 Å². The van der Waals surface area contributed by atoms with Gasteiger partial charge in [-0.15, -0.1) is 0 Å². The zero-order valence-corrected chi connectivity index (χ0v) is 77.6. The Kier molecular flexibility index (Phi) is 110. The van der Waals surface area contributed by atoms with Crippen LogP contribution in [0.15, 0.2) is 0 Å². The number of hydrogen-bond acceptors (Lipinski definition) is 26. The summed E-state index contributed by atoms with van der Waals surface area (Å²) in [5.74, 6) is 0. The van der Waals surface area contributed by atoms with E-state index in [1.807, 2.05) is 0 Å². The van der Waals surface area contributed by atoms with Crippen LogP contribution in [0.5, 0.6) is 0 Å². The molecule has 33 heteroatoms. The van der Waals surface area contributed by atoms with E-state index in [-0.39, 0.29) is 21.1 Å². The molecule has 0 saturated heterocycles. The van der Waals surface area contributed by atoms with Crippen molar-refractivity contribution in [1.82, 2.24) is 0 Å². The van der Waals surface area contributed by atoms with Gasteiger partial charge in [-0.25, -0.2) is 0 Å². The van der Waals surface area contributed by atoms with Crippen molar-refractivity contribution in [2.24, 2.45) is 0 Å². The van der Waals surface area contributed by atoms with Crippen LogP contribution in [0.3, 0.4) is 0 Å². The molecule has 0 amide bonds. The Balaban J connectivity index is -0.000000154. The van der Waals surface area contributed by atoms with Crippen LogP contribution in [0.2, 0.25) is 0 Å². The molecule has 0 radical (unpaired) electrons. The molecule has 0 heterocycles. The molecular formula is C60H132MoO13P6S13-6. The Labute approximate surface area is 657 Å². The molecule has 0 saturated carbocycles. The second-order valence-electron chi connectivity index (χ2n) is 21.2. The third kappa shape index (κ3) is 112. The maximum atomic E-state index is 7.83. The molecule has 0 N–H and O–H groups in total. The summed E-state index contributed by atoms with van der Waals surface area (Å²) in [7, 11) is 0. The van der Waals surface area contributed by atoms with Gasteiger partial charge in [0.1, 0.15) is 0 Å². The molecule has 0 fully saturated rings. The Morgan fingerprint density at radius 1 is 0.183 bits per heavy atom. The number of rotatable bonds is 60. The predicted molar refractivity (Wildman–Crippen MR) is 444 cm³/mol. The second-order valence-corrected chi connectivity index (χ2v) is 51.1. The summed E-state index contributed by atoms with van der Waals surface area (Å²) in [4.78, 5) is 0. The molecule has 13 nitrogen and oxygen atoms in total. The SMILES string of the molecule is CCCCCOP(=S)([S-])OCCCCC.CCCCCOP(=S)([S-])OCCCCC.CCCCCOP(=S)([S-])OCCCCC.CCCCCOP(=S)([S-])OCCCCC.CCCCCOP(=S)([S-])OCCCCC.CCCCCOP(=S)([S-])OCCCCC.O=S.[Mo]. The van der Waals surface area contributed by atoms with Gasteiger partial charge in [0.2, 0.25) is 0 Å². The van der Waals surface area contributed by atoms with Gasteiger partial charge in [0.25, 0.3) is 0 Å². The first-order valence-corrected chi connectivity index (χ1v) is 56.7. The molecule has 0 aromatic rings. The molecular weight excluding hydrogens is 1630 g/mol. The summed E-state index contributed by atoms with van der Waals surface area (Å²) < 4.78 is 73.0. The van der Waals surface area contributed by atoms with Gasteiger partial charge in [-0.2, -0.15) is 4.21 Å². The van der Waals surface area contributed by atoms with Crippen LogP contribution in [0.25, 0.3) is 0 Å². The summed E-state index contributed by atoms with van der Waals surface area (Å²) in [6, 6.07) is 0. The minimum Gasteiger partial charge on any atom is -0.691 e. The van der Waals surface area contributed by atoms with Crippen molar-refractivity contribution < 1.29 is 79.6 Å². The predicted octanol–water partition coefficient (Wildman–Crippen LogP) is 24.7. The third-order valence-electron chi connectivity index (χ3n) is 12.0. The quantitative estimate of drug-likeness (QED) is 0.0248. The maximum absolute atomic E-state index is 7.83. The normalized spacial score (nSPS) is 11.6. The van der Waals surface area contributed by atoms with E-state index in [0.717, 1.165) is 77.0 Å². The van der Waals surface area contributed by atoms with Crippen molar-refractivity contribution in [3.05, 3.63) is 0 Å². The van der Waals surface area contributed by atoms with Crippen molar-refractivity contribution in [2.75, 3.05) is 79.3 Å². The van der Waals surface area contributed by atoms with Crippen molar-refractivity contribution in [3.8, 4) is 0 Å². The van der Waals surface area contributed by atoms with Crippen molar-refractivity contribution in [3.63, 3.8) is 0 Å². The Morgan fingerprint density at radius 3 is 0.301 bits per heavy atom. The van der Waals surface area contributed by atoms with Gasteiger partial charge in [0, 0.05) is 21.1 Å². The summed E-state index contributed by atoms with van der Waals surface area (Å²) in [6.07, 6.45) is 40.6. The first-order chi connectivity index (χ1) is 43.7. The summed E-state index contributed by atoms with van der Waals surface area (Å²) in [5, 5.41) is 0. The Hall–Kier alpha value is 6.23. The van der Waals surface area contributed by atoms with Crippen LogP contribution in [0, 0.1) is 0 Å². The minimum atomic E-state index is -2.36. The van der Waals surface area contributed by atoms with Gasteiger partial charge < -0.3 is 128 Å². The smallest absolute Gasteiger partial charge is 0.197 e. The van der Waals surface area contributed by atoms with Crippen LogP contribution in [0.1, 0.15) is 314 Å². The molecule has 0 atom stereocenters. The Bertz CT molecular complexity index is 1370. The molecule has 0 aromatic carbocycles. The minimum absolute atomic E-state index is 0. The molecule has 93 heavy (non-hydrogen) atoms. The molecule has 0 unspecified atom stereocenters. The van der Waals surface area contributed by atoms with Gasteiger partial charge in [0.05, 0.1) is 113 Å². The van der Waals surface area contributed by atoms with Gasteiger partial charge in [-0.05, 0) is 77.0 Å². The van der Waals surface area contributed by atoms with Crippen LogP contribution in [0.4, 0.5) is 0 Å². The van der Waals surface area contributed by atoms with Gasteiger partial charge in [-0.1, -0.05) is 308 Å². The average molecular weight is 1760 g/mol. The van der Waals surface area contributed by atoms with Crippen LogP contribution in [-0.2, 0) is 232 Å². The fourth-order valence-electron chi connectivity index (χ4n) is 6.56. The van der Waals surface area contributed by atoms with Gasteiger partial charge in [-0.3, -0.25) is 0 Å². The fraction of sp³-hybridized carbons (Fsp3) is 1.00. The zero-order chi connectivity index (χ0) is 71.4. The van der Waals surface area contributed by atoms with Crippen molar-refractivity contribution in [2.45, 2.75) is 314 Å². The number of unbranched alkanes of at least 4 members (excludes halogenated alkanes) is 24. The van der Waals surface area contributed by atoms with Gasteiger partial charge in [0.15, 0.2) is 12.5 Å². The molecule has 0 aliphatic heterocycles. The van der Waals surface area contributed by atoms with Crippen LogP contribution < -0.4 is 0 Å². The number of hydrogen-bond donors (Lipinski definition) is 0. The van der Waals surface area contributed by atoms with E-state index in [4.69, 9.17) is 203 Å².